The number of rotatable bonds is 4. The summed E-state index contributed by atoms with van der Waals surface area (Å²) in [6.07, 6.45) is 2.51. The molecule has 2 N–H and O–H groups in total. The minimum atomic E-state index is -0.306. The molecule has 0 spiro atoms. The Bertz CT molecular complexity index is 822. The maximum absolute atomic E-state index is 12.5. The van der Waals surface area contributed by atoms with E-state index < -0.39 is 0 Å². The molecular formula is C20H26N4O2S. The summed E-state index contributed by atoms with van der Waals surface area (Å²) in [5.74, 6) is 1.40. The zero-order valence-electron chi connectivity index (χ0n) is 15.6. The van der Waals surface area contributed by atoms with Crippen molar-refractivity contribution in [1.82, 2.24) is 9.88 Å². The van der Waals surface area contributed by atoms with Crippen LogP contribution in [-0.4, -0.2) is 53.2 Å². The number of aliphatic hydroxyl groups excluding tert-OH is 1. The first kappa shape index (κ1) is 18.4. The van der Waals surface area contributed by atoms with Gasteiger partial charge in [-0.1, -0.05) is 6.07 Å². The lowest BCUT2D eigenvalue weighted by atomic mass is 10.1. The number of hydrogen-bond acceptors (Lipinski definition) is 6. The molecule has 0 saturated carbocycles. The van der Waals surface area contributed by atoms with E-state index in [1.807, 2.05) is 19.1 Å². The number of anilines is 2. The first-order valence-corrected chi connectivity index (χ1v) is 10.4. The Hall–Kier alpha value is -1.96. The molecule has 4 heterocycles. The lowest BCUT2D eigenvalue weighted by molar-refractivity contribution is -0.117. The summed E-state index contributed by atoms with van der Waals surface area (Å²) in [4.78, 5) is 22.9. The van der Waals surface area contributed by atoms with Crippen LogP contribution in [0.3, 0.4) is 0 Å². The zero-order valence-corrected chi connectivity index (χ0v) is 16.5. The van der Waals surface area contributed by atoms with Gasteiger partial charge in [0.05, 0.1) is 12.6 Å². The molecule has 1 fully saturated rings. The van der Waals surface area contributed by atoms with E-state index in [4.69, 9.17) is 0 Å². The summed E-state index contributed by atoms with van der Waals surface area (Å²) in [5.41, 5.74) is 2.40. The van der Waals surface area contributed by atoms with Gasteiger partial charge in [0.2, 0.25) is 5.91 Å². The number of pyridine rings is 1. The van der Waals surface area contributed by atoms with Gasteiger partial charge in [0.25, 0.3) is 0 Å². The maximum Gasteiger partial charge on any atom is 0.239 e. The van der Waals surface area contributed by atoms with Gasteiger partial charge in [0.1, 0.15) is 11.6 Å². The van der Waals surface area contributed by atoms with E-state index >= 15 is 0 Å². The highest BCUT2D eigenvalue weighted by atomic mass is 32.1. The predicted octanol–water partition coefficient (Wildman–Crippen LogP) is 2.41. The van der Waals surface area contributed by atoms with Gasteiger partial charge in [0.15, 0.2) is 0 Å². The average Bonchev–Trinajstić information content (AvgIpc) is 3.11. The van der Waals surface area contributed by atoms with Crippen molar-refractivity contribution in [3.8, 4) is 0 Å². The van der Waals surface area contributed by atoms with E-state index in [1.54, 1.807) is 11.3 Å². The third-order valence-corrected chi connectivity index (χ3v) is 6.31. The molecule has 1 amide bonds. The summed E-state index contributed by atoms with van der Waals surface area (Å²) < 4.78 is 0. The average molecular weight is 387 g/mol. The predicted molar refractivity (Wildman–Crippen MR) is 108 cm³/mol. The Morgan fingerprint density at radius 2 is 2.26 bits per heavy atom. The molecule has 0 bridgehead atoms. The number of thiophene rings is 1. The van der Waals surface area contributed by atoms with Crippen LogP contribution in [0.1, 0.15) is 28.8 Å². The molecule has 0 radical (unpaired) electrons. The van der Waals surface area contributed by atoms with Gasteiger partial charge in [-0.05, 0) is 54.8 Å². The highest BCUT2D eigenvalue weighted by Crippen LogP contribution is 2.25. The maximum atomic E-state index is 12.5. The molecule has 2 aliphatic heterocycles. The fourth-order valence-corrected chi connectivity index (χ4v) is 4.77. The van der Waals surface area contributed by atoms with Gasteiger partial charge in [-0.25, -0.2) is 4.98 Å². The second-order valence-corrected chi connectivity index (χ2v) is 8.46. The van der Waals surface area contributed by atoms with Gasteiger partial charge < -0.3 is 15.3 Å². The molecule has 0 aromatic carbocycles. The van der Waals surface area contributed by atoms with Gasteiger partial charge in [0, 0.05) is 31.1 Å². The standard InChI is InChI=1S/C20H26N4O2S/c1-14-4-5-18(22-20(14)24-8-2-3-16(25)12-24)21-19(26)13-23-9-6-17-15(11-23)7-10-27-17/h4-5,7,10,16,25H,2-3,6,8-9,11-13H2,1H3,(H,21,22,26). The number of piperidine rings is 1. The van der Waals surface area contributed by atoms with E-state index in [-0.39, 0.29) is 12.0 Å². The Morgan fingerprint density at radius 3 is 3.11 bits per heavy atom. The lowest BCUT2D eigenvalue weighted by Gasteiger charge is -2.32. The van der Waals surface area contributed by atoms with Gasteiger partial charge in [-0.2, -0.15) is 0 Å². The molecule has 2 aromatic heterocycles. The molecule has 7 heteroatoms. The minimum absolute atomic E-state index is 0.0327. The number of aromatic nitrogens is 1. The largest absolute Gasteiger partial charge is 0.391 e. The number of nitrogens with zero attached hydrogens (tertiary/aromatic N) is 3. The Labute approximate surface area is 163 Å². The van der Waals surface area contributed by atoms with Gasteiger partial charge in [-0.3, -0.25) is 9.69 Å². The van der Waals surface area contributed by atoms with Crippen LogP contribution in [0.25, 0.3) is 0 Å². The summed E-state index contributed by atoms with van der Waals surface area (Å²) >= 11 is 1.81. The first-order valence-electron chi connectivity index (χ1n) is 9.56. The third-order valence-electron chi connectivity index (χ3n) is 5.29. The van der Waals surface area contributed by atoms with Gasteiger partial charge >= 0.3 is 0 Å². The summed E-state index contributed by atoms with van der Waals surface area (Å²) in [6, 6.07) is 5.99. The molecule has 0 aliphatic carbocycles. The van der Waals surface area contributed by atoms with Crippen molar-refractivity contribution in [2.75, 3.05) is 36.4 Å². The number of aliphatic hydroxyl groups is 1. The summed E-state index contributed by atoms with van der Waals surface area (Å²) in [6.45, 7) is 5.63. The van der Waals surface area contributed by atoms with E-state index in [1.165, 1.54) is 10.4 Å². The van der Waals surface area contributed by atoms with Crippen LogP contribution in [0, 0.1) is 6.92 Å². The molecule has 4 rings (SSSR count). The fourth-order valence-electron chi connectivity index (χ4n) is 3.88. The number of carbonyl (C=O) groups excluding carboxylic acids is 1. The van der Waals surface area contributed by atoms with Crippen LogP contribution in [0.15, 0.2) is 23.6 Å². The molecule has 27 heavy (non-hydrogen) atoms. The molecule has 6 nitrogen and oxygen atoms in total. The number of hydrogen-bond donors (Lipinski definition) is 2. The third kappa shape index (κ3) is 4.31. The van der Waals surface area contributed by atoms with E-state index in [2.05, 4.69) is 31.5 Å². The van der Waals surface area contributed by atoms with E-state index in [9.17, 15) is 9.90 Å². The quantitative estimate of drug-likeness (QED) is 0.845. The molecule has 2 aliphatic rings. The first-order chi connectivity index (χ1) is 13.1. The zero-order chi connectivity index (χ0) is 18.8. The normalized spacial score (nSPS) is 20.4. The van der Waals surface area contributed by atoms with Crippen molar-refractivity contribution < 1.29 is 9.90 Å². The molecule has 1 saturated heterocycles. The van der Waals surface area contributed by atoms with Gasteiger partial charge in [-0.15, -0.1) is 11.3 Å². The second kappa shape index (κ2) is 7.96. The number of carbonyl (C=O) groups is 1. The lowest BCUT2D eigenvalue weighted by Crippen LogP contribution is -2.39. The SMILES string of the molecule is Cc1ccc(NC(=O)CN2CCc3sccc3C2)nc1N1CCCC(O)C1. The van der Waals surface area contributed by atoms with Crippen molar-refractivity contribution in [2.24, 2.45) is 0 Å². The summed E-state index contributed by atoms with van der Waals surface area (Å²) in [5, 5.41) is 15.0. The molecule has 1 atom stereocenters. The number of amides is 1. The second-order valence-electron chi connectivity index (χ2n) is 7.46. The van der Waals surface area contributed by atoms with E-state index in [0.29, 0.717) is 18.9 Å². The van der Waals surface area contributed by atoms with Crippen LogP contribution in [-0.2, 0) is 17.8 Å². The van der Waals surface area contributed by atoms with Crippen LogP contribution >= 0.6 is 11.3 Å². The molecule has 2 aromatic rings. The van der Waals surface area contributed by atoms with Crippen molar-refractivity contribution in [3.63, 3.8) is 0 Å². The number of β-amino-alcohol motifs (C(OH)–C–C–N with tert-alkyl or cyclic N) is 1. The number of nitrogens with one attached hydrogen (secondary N) is 1. The summed E-state index contributed by atoms with van der Waals surface area (Å²) in [7, 11) is 0. The Morgan fingerprint density at radius 1 is 1.37 bits per heavy atom. The smallest absolute Gasteiger partial charge is 0.239 e. The van der Waals surface area contributed by atoms with Crippen LogP contribution in [0.5, 0.6) is 0 Å². The van der Waals surface area contributed by atoms with Crippen LogP contribution in [0.4, 0.5) is 11.6 Å². The molecule has 1 unspecified atom stereocenters. The minimum Gasteiger partial charge on any atom is -0.391 e. The van der Waals surface area contributed by atoms with Crippen LogP contribution in [0.2, 0.25) is 0 Å². The van der Waals surface area contributed by atoms with Crippen molar-refractivity contribution in [1.29, 1.82) is 0 Å². The van der Waals surface area contributed by atoms with Crippen molar-refractivity contribution >= 4 is 28.9 Å². The van der Waals surface area contributed by atoms with E-state index in [0.717, 1.165) is 50.3 Å². The number of fused-ring (bicyclic) bond motifs is 1. The molecular weight excluding hydrogens is 360 g/mol. The highest BCUT2D eigenvalue weighted by Gasteiger charge is 2.22. The number of aryl methyl sites for hydroxylation is 1. The molecule has 144 valence electrons. The Balaban J connectivity index is 1.39. The van der Waals surface area contributed by atoms with Crippen LogP contribution < -0.4 is 10.2 Å². The topological polar surface area (TPSA) is 68.7 Å². The highest BCUT2D eigenvalue weighted by molar-refractivity contribution is 7.10. The Kier molecular flexibility index (Phi) is 5.43. The van der Waals surface area contributed by atoms with Crippen molar-refractivity contribution in [2.45, 2.75) is 38.8 Å². The van der Waals surface area contributed by atoms with Crippen molar-refractivity contribution in [3.05, 3.63) is 39.6 Å². The fraction of sp³-hybridized carbons (Fsp3) is 0.500. The monoisotopic (exact) mass is 386 g/mol.